The third-order valence-corrected chi connectivity index (χ3v) is 3.12. The number of carbonyl (C=O) groups is 1. The van der Waals surface area contributed by atoms with E-state index in [0.717, 1.165) is 6.42 Å². The number of nitrogens with two attached hydrogens (primary N) is 1. The average molecular weight is 278 g/mol. The van der Waals surface area contributed by atoms with Gasteiger partial charge in [0.2, 0.25) is 0 Å². The number of hydrogen-bond donors (Lipinski definition) is 2. The van der Waals surface area contributed by atoms with Gasteiger partial charge in [0.25, 0.3) is 5.91 Å². The van der Waals surface area contributed by atoms with Gasteiger partial charge in [0, 0.05) is 12.1 Å². The molecule has 0 fully saturated rings. The van der Waals surface area contributed by atoms with Crippen LogP contribution in [0.4, 0.5) is 5.69 Å². The summed E-state index contributed by atoms with van der Waals surface area (Å²) >= 11 is 0. The van der Waals surface area contributed by atoms with Crippen LogP contribution in [0.15, 0.2) is 18.2 Å². The van der Waals surface area contributed by atoms with Crippen LogP contribution in [-0.4, -0.2) is 19.1 Å². The number of ether oxygens (including phenoxy) is 1. The summed E-state index contributed by atoms with van der Waals surface area (Å²) in [4.78, 5) is 11.7. The summed E-state index contributed by atoms with van der Waals surface area (Å²) in [6.45, 7) is 5.34. The Bertz CT molecular complexity index is 419. The molecule has 0 atom stereocenters. The first kappa shape index (κ1) is 16.3. The lowest BCUT2D eigenvalue weighted by molar-refractivity contribution is 0.0955. The fourth-order valence-electron chi connectivity index (χ4n) is 1.95. The molecule has 4 heteroatoms. The number of hydrogen-bond acceptors (Lipinski definition) is 3. The van der Waals surface area contributed by atoms with E-state index in [9.17, 15) is 4.79 Å². The monoisotopic (exact) mass is 278 g/mol. The van der Waals surface area contributed by atoms with Crippen LogP contribution in [0.1, 0.15) is 56.3 Å². The molecule has 0 aliphatic carbocycles. The standard InChI is InChI=1S/C16H26N2O2/c1-3-5-6-7-8-11-20-15-12-13(9-10-14(15)17)16(19)18-4-2/h9-10,12H,3-8,11,17H2,1-2H3,(H,18,19). The van der Waals surface area contributed by atoms with Crippen molar-refractivity contribution in [1.82, 2.24) is 5.32 Å². The Morgan fingerprint density at radius 2 is 1.95 bits per heavy atom. The Morgan fingerprint density at radius 1 is 1.20 bits per heavy atom. The molecular weight excluding hydrogens is 252 g/mol. The highest BCUT2D eigenvalue weighted by atomic mass is 16.5. The summed E-state index contributed by atoms with van der Waals surface area (Å²) in [6, 6.07) is 5.15. The molecule has 112 valence electrons. The first-order chi connectivity index (χ1) is 9.69. The van der Waals surface area contributed by atoms with Crippen molar-refractivity contribution in [3.05, 3.63) is 23.8 Å². The number of anilines is 1. The predicted octanol–water partition coefficient (Wildman–Crippen LogP) is 3.37. The smallest absolute Gasteiger partial charge is 0.251 e. The number of amides is 1. The zero-order valence-electron chi connectivity index (χ0n) is 12.6. The van der Waals surface area contributed by atoms with Gasteiger partial charge in [-0.1, -0.05) is 32.6 Å². The molecule has 0 unspecified atom stereocenters. The summed E-state index contributed by atoms with van der Waals surface area (Å²) in [7, 11) is 0. The molecule has 1 aromatic rings. The second-order valence-electron chi connectivity index (χ2n) is 4.87. The van der Waals surface area contributed by atoms with Gasteiger partial charge in [-0.3, -0.25) is 4.79 Å². The van der Waals surface area contributed by atoms with E-state index in [1.54, 1.807) is 18.2 Å². The van der Waals surface area contributed by atoms with Crippen molar-refractivity contribution in [3.8, 4) is 5.75 Å². The highest BCUT2D eigenvalue weighted by molar-refractivity contribution is 5.95. The molecule has 0 saturated carbocycles. The van der Waals surface area contributed by atoms with Crippen LogP contribution < -0.4 is 15.8 Å². The minimum Gasteiger partial charge on any atom is -0.491 e. The molecule has 1 amide bonds. The predicted molar refractivity (Wildman–Crippen MR) is 83.1 cm³/mol. The third kappa shape index (κ3) is 5.51. The zero-order valence-corrected chi connectivity index (χ0v) is 12.6. The number of unbranched alkanes of at least 4 members (excludes halogenated alkanes) is 4. The number of rotatable bonds is 9. The molecule has 0 heterocycles. The van der Waals surface area contributed by atoms with Crippen LogP contribution in [0, 0.1) is 0 Å². The van der Waals surface area contributed by atoms with Gasteiger partial charge in [-0.15, -0.1) is 0 Å². The van der Waals surface area contributed by atoms with E-state index in [2.05, 4.69) is 12.2 Å². The Hall–Kier alpha value is -1.71. The highest BCUT2D eigenvalue weighted by Crippen LogP contribution is 2.23. The van der Waals surface area contributed by atoms with Crippen molar-refractivity contribution in [2.45, 2.75) is 46.0 Å². The lowest BCUT2D eigenvalue weighted by Crippen LogP contribution is -2.22. The van der Waals surface area contributed by atoms with Crippen molar-refractivity contribution in [2.24, 2.45) is 0 Å². The molecule has 0 aromatic heterocycles. The summed E-state index contributed by atoms with van der Waals surface area (Å²) in [6.07, 6.45) is 5.94. The minimum atomic E-state index is -0.0969. The third-order valence-electron chi connectivity index (χ3n) is 3.12. The molecule has 1 aromatic carbocycles. The Balaban J connectivity index is 2.48. The molecule has 0 aliphatic rings. The molecule has 0 bridgehead atoms. The van der Waals surface area contributed by atoms with Gasteiger partial charge < -0.3 is 15.8 Å². The molecule has 1 rings (SSSR count). The van der Waals surface area contributed by atoms with E-state index >= 15 is 0 Å². The molecule has 0 saturated heterocycles. The van der Waals surface area contributed by atoms with Gasteiger partial charge in [0.15, 0.2) is 0 Å². The minimum absolute atomic E-state index is 0.0969. The summed E-state index contributed by atoms with van der Waals surface area (Å²) < 4.78 is 5.68. The number of benzene rings is 1. The number of carbonyl (C=O) groups excluding carboxylic acids is 1. The van der Waals surface area contributed by atoms with Crippen LogP contribution in [0.5, 0.6) is 5.75 Å². The Labute approximate surface area is 121 Å². The summed E-state index contributed by atoms with van der Waals surface area (Å²) in [5.74, 6) is 0.504. The van der Waals surface area contributed by atoms with Crippen LogP contribution in [-0.2, 0) is 0 Å². The van der Waals surface area contributed by atoms with E-state index in [0.29, 0.717) is 30.2 Å². The van der Waals surface area contributed by atoms with Crippen molar-refractivity contribution in [3.63, 3.8) is 0 Å². The molecule has 20 heavy (non-hydrogen) atoms. The lowest BCUT2D eigenvalue weighted by Gasteiger charge is -2.10. The van der Waals surface area contributed by atoms with E-state index < -0.39 is 0 Å². The molecular formula is C16H26N2O2. The van der Waals surface area contributed by atoms with Crippen molar-refractivity contribution >= 4 is 11.6 Å². The van der Waals surface area contributed by atoms with Crippen molar-refractivity contribution < 1.29 is 9.53 Å². The van der Waals surface area contributed by atoms with Crippen LogP contribution in [0.25, 0.3) is 0 Å². The van der Waals surface area contributed by atoms with Gasteiger partial charge in [0.05, 0.1) is 12.3 Å². The van der Waals surface area contributed by atoms with E-state index in [1.165, 1.54) is 25.7 Å². The molecule has 3 N–H and O–H groups in total. The second-order valence-corrected chi connectivity index (χ2v) is 4.87. The van der Waals surface area contributed by atoms with Gasteiger partial charge >= 0.3 is 0 Å². The first-order valence-electron chi connectivity index (χ1n) is 7.49. The van der Waals surface area contributed by atoms with Crippen LogP contribution in [0.3, 0.4) is 0 Å². The maximum Gasteiger partial charge on any atom is 0.251 e. The Kier molecular flexibility index (Phi) is 7.55. The van der Waals surface area contributed by atoms with Gasteiger partial charge in [-0.25, -0.2) is 0 Å². The van der Waals surface area contributed by atoms with Crippen molar-refractivity contribution in [2.75, 3.05) is 18.9 Å². The lowest BCUT2D eigenvalue weighted by atomic mass is 10.1. The van der Waals surface area contributed by atoms with Crippen molar-refractivity contribution in [1.29, 1.82) is 0 Å². The fraction of sp³-hybridized carbons (Fsp3) is 0.562. The van der Waals surface area contributed by atoms with Gasteiger partial charge in [0.1, 0.15) is 5.75 Å². The summed E-state index contributed by atoms with van der Waals surface area (Å²) in [5, 5.41) is 2.76. The normalized spacial score (nSPS) is 10.3. The first-order valence-corrected chi connectivity index (χ1v) is 7.49. The van der Waals surface area contributed by atoms with E-state index in [4.69, 9.17) is 10.5 Å². The molecule has 0 aliphatic heterocycles. The van der Waals surface area contributed by atoms with Gasteiger partial charge in [-0.05, 0) is 31.5 Å². The number of nitrogens with one attached hydrogen (secondary N) is 1. The van der Waals surface area contributed by atoms with Crippen LogP contribution in [0.2, 0.25) is 0 Å². The quantitative estimate of drug-likeness (QED) is 0.537. The Morgan fingerprint density at radius 3 is 2.65 bits per heavy atom. The highest BCUT2D eigenvalue weighted by Gasteiger charge is 2.08. The zero-order chi connectivity index (χ0) is 14.8. The van der Waals surface area contributed by atoms with Gasteiger partial charge in [-0.2, -0.15) is 0 Å². The maximum atomic E-state index is 11.7. The topological polar surface area (TPSA) is 64.3 Å². The maximum absolute atomic E-state index is 11.7. The molecule has 0 spiro atoms. The fourth-order valence-corrected chi connectivity index (χ4v) is 1.95. The average Bonchev–Trinajstić information content (AvgIpc) is 2.44. The van der Waals surface area contributed by atoms with E-state index in [1.807, 2.05) is 6.92 Å². The SMILES string of the molecule is CCCCCCCOc1cc(C(=O)NCC)ccc1N. The second kappa shape index (κ2) is 9.23. The van der Waals surface area contributed by atoms with Crippen LogP contribution >= 0.6 is 0 Å². The molecule has 4 nitrogen and oxygen atoms in total. The summed E-state index contributed by atoms with van der Waals surface area (Å²) in [5.41, 5.74) is 7.03. The molecule has 0 radical (unpaired) electrons. The largest absolute Gasteiger partial charge is 0.491 e. The number of nitrogen functional groups attached to an aromatic ring is 1. The van der Waals surface area contributed by atoms with E-state index in [-0.39, 0.29) is 5.91 Å².